The fourth-order valence-electron chi connectivity index (χ4n) is 2.38. The Hall–Kier alpha value is -2.49. The van der Waals surface area contributed by atoms with E-state index in [0.717, 1.165) is 27.9 Å². The standard InChI is InChI=1S/C16H17N3O/c1-11(14-5-3-4-6-16(14)20-2)18-13-8-7-12-10-17-19-15(12)9-13/h3-11,18H,1-2H3,(H,17,19). The average molecular weight is 267 g/mol. The third-order valence-electron chi connectivity index (χ3n) is 3.43. The lowest BCUT2D eigenvalue weighted by molar-refractivity contribution is 0.408. The second-order valence-corrected chi connectivity index (χ2v) is 4.78. The van der Waals surface area contributed by atoms with Crippen LogP contribution >= 0.6 is 0 Å². The van der Waals surface area contributed by atoms with Crippen molar-refractivity contribution in [1.82, 2.24) is 10.2 Å². The van der Waals surface area contributed by atoms with Gasteiger partial charge in [0.15, 0.2) is 0 Å². The van der Waals surface area contributed by atoms with Crippen LogP contribution in [0.15, 0.2) is 48.7 Å². The lowest BCUT2D eigenvalue weighted by Crippen LogP contribution is -2.08. The second-order valence-electron chi connectivity index (χ2n) is 4.78. The van der Waals surface area contributed by atoms with E-state index in [1.54, 1.807) is 7.11 Å². The maximum Gasteiger partial charge on any atom is 0.124 e. The summed E-state index contributed by atoms with van der Waals surface area (Å²) >= 11 is 0. The van der Waals surface area contributed by atoms with E-state index in [1.165, 1.54) is 0 Å². The van der Waals surface area contributed by atoms with E-state index >= 15 is 0 Å². The van der Waals surface area contributed by atoms with E-state index in [4.69, 9.17) is 4.74 Å². The minimum absolute atomic E-state index is 0.159. The Labute approximate surface area is 117 Å². The van der Waals surface area contributed by atoms with Gasteiger partial charge in [0.2, 0.25) is 0 Å². The van der Waals surface area contributed by atoms with Gasteiger partial charge in [0, 0.05) is 16.6 Å². The number of aromatic amines is 1. The summed E-state index contributed by atoms with van der Waals surface area (Å²) in [5, 5.41) is 11.6. The Morgan fingerprint density at radius 2 is 2.05 bits per heavy atom. The van der Waals surface area contributed by atoms with Crippen LogP contribution in [0.25, 0.3) is 10.9 Å². The molecule has 1 unspecified atom stereocenters. The van der Waals surface area contributed by atoms with Crippen molar-refractivity contribution in [1.29, 1.82) is 0 Å². The van der Waals surface area contributed by atoms with Gasteiger partial charge >= 0.3 is 0 Å². The second kappa shape index (κ2) is 5.25. The summed E-state index contributed by atoms with van der Waals surface area (Å²) in [6, 6.07) is 14.4. The zero-order chi connectivity index (χ0) is 13.9. The summed E-state index contributed by atoms with van der Waals surface area (Å²) in [5.41, 5.74) is 3.22. The number of nitrogens with one attached hydrogen (secondary N) is 2. The molecule has 0 saturated heterocycles. The van der Waals surface area contributed by atoms with Gasteiger partial charge < -0.3 is 10.1 Å². The number of nitrogens with zero attached hydrogens (tertiary/aromatic N) is 1. The molecule has 1 heterocycles. The SMILES string of the molecule is COc1ccccc1C(C)Nc1ccc2cn[nH]c2c1. The molecule has 102 valence electrons. The number of anilines is 1. The van der Waals surface area contributed by atoms with Gasteiger partial charge in [-0.3, -0.25) is 5.10 Å². The van der Waals surface area contributed by atoms with E-state index in [9.17, 15) is 0 Å². The molecule has 0 saturated carbocycles. The number of fused-ring (bicyclic) bond motifs is 1. The Morgan fingerprint density at radius 1 is 1.20 bits per heavy atom. The van der Waals surface area contributed by atoms with Gasteiger partial charge in [0.1, 0.15) is 5.75 Å². The summed E-state index contributed by atoms with van der Waals surface area (Å²) in [7, 11) is 1.70. The summed E-state index contributed by atoms with van der Waals surface area (Å²) in [4.78, 5) is 0. The predicted molar refractivity (Wildman–Crippen MR) is 81.1 cm³/mol. The molecule has 3 aromatic rings. The summed E-state index contributed by atoms with van der Waals surface area (Å²) < 4.78 is 5.41. The number of ether oxygens (including phenoxy) is 1. The molecule has 4 nitrogen and oxygen atoms in total. The van der Waals surface area contributed by atoms with Crippen molar-refractivity contribution in [2.45, 2.75) is 13.0 Å². The molecule has 3 rings (SSSR count). The van der Waals surface area contributed by atoms with Crippen molar-refractivity contribution in [3.05, 3.63) is 54.2 Å². The van der Waals surface area contributed by atoms with Gasteiger partial charge in [-0.15, -0.1) is 0 Å². The van der Waals surface area contributed by atoms with E-state index in [-0.39, 0.29) is 6.04 Å². The van der Waals surface area contributed by atoms with Crippen molar-refractivity contribution in [2.24, 2.45) is 0 Å². The zero-order valence-corrected chi connectivity index (χ0v) is 11.6. The highest BCUT2D eigenvalue weighted by molar-refractivity contribution is 5.81. The maximum atomic E-state index is 5.41. The Morgan fingerprint density at radius 3 is 2.90 bits per heavy atom. The lowest BCUT2D eigenvalue weighted by Gasteiger charge is -2.18. The fourth-order valence-corrected chi connectivity index (χ4v) is 2.38. The maximum absolute atomic E-state index is 5.41. The molecule has 0 aliphatic carbocycles. The molecular weight excluding hydrogens is 250 g/mol. The van der Waals surface area contributed by atoms with Crippen LogP contribution in [0, 0.1) is 0 Å². The van der Waals surface area contributed by atoms with Crippen LogP contribution in [0.5, 0.6) is 5.75 Å². The zero-order valence-electron chi connectivity index (χ0n) is 11.6. The number of H-pyrrole nitrogens is 1. The van der Waals surface area contributed by atoms with Crippen molar-refractivity contribution >= 4 is 16.6 Å². The highest BCUT2D eigenvalue weighted by Gasteiger charge is 2.10. The molecule has 0 bridgehead atoms. The highest BCUT2D eigenvalue weighted by Crippen LogP contribution is 2.28. The Kier molecular flexibility index (Phi) is 3.29. The summed E-state index contributed by atoms with van der Waals surface area (Å²) in [6.45, 7) is 2.12. The van der Waals surface area contributed by atoms with E-state index in [0.29, 0.717) is 0 Å². The summed E-state index contributed by atoms with van der Waals surface area (Å²) in [6.07, 6.45) is 1.82. The Balaban J connectivity index is 1.86. The van der Waals surface area contributed by atoms with E-state index in [1.807, 2.05) is 24.4 Å². The smallest absolute Gasteiger partial charge is 0.124 e. The van der Waals surface area contributed by atoms with Crippen molar-refractivity contribution < 1.29 is 4.74 Å². The number of aromatic nitrogens is 2. The molecule has 0 fully saturated rings. The average Bonchev–Trinajstić information content (AvgIpc) is 2.94. The van der Waals surface area contributed by atoms with Crippen molar-refractivity contribution in [3.63, 3.8) is 0 Å². The van der Waals surface area contributed by atoms with Crippen molar-refractivity contribution in [2.75, 3.05) is 12.4 Å². The van der Waals surface area contributed by atoms with Gasteiger partial charge in [-0.1, -0.05) is 18.2 Å². The molecular formula is C16H17N3O. The molecule has 1 aromatic heterocycles. The van der Waals surface area contributed by atoms with Crippen molar-refractivity contribution in [3.8, 4) is 5.75 Å². The number of hydrogen-bond donors (Lipinski definition) is 2. The first-order valence-corrected chi connectivity index (χ1v) is 6.60. The van der Waals surface area contributed by atoms with Crippen LogP contribution < -0.4 is 10.1 Å². The first kappa shape index (κ1) is 12.5. The van der Waals surface area contributed by atoms with Crippen LogP contribution in [0.1, 0.15) is 18.5 Å². The van der Waals surface area contributed by atoms with E-state index < -0.39 is 0 Å². The molecule has 1 atom stereocenters. The van der Waals surface area contributed by atoms with Crippen LogP contribution in [-0.2, 0) is 0 Å². The molecule has 0 radical (unpaired) electrons. The molecule has 0 spiro atoms. The van der Waals surface area contributed by atoms with Gasteiger partial charge in [-0.2, -0.15) is 5.10 Å². The number of para-hydroxylation sites is 1. The molecule has 2 aromatic carbocycles. The largest absolute Gasteiger partial charge is 0.496 e. The third kappa shape index (κ3) is 2.32. The molecule has 0 aliphatic rings. The highest BCUT2D eigenvalue weighted by atomic mass is 16.5. The monoisotopic (exact) mass is 267 g/mol. The number of benzene rings is 2. The van der Waals surface area contributed by atoms with Gasteiger partial charge in [0.05, 0.1) is 24.9 Å². The van der Waals surface area contributed by atoms with Crippen LogP contribution in [0.3, 0.4) is 0 Å². The van der Waals surface area contributed by atoms with Gasteiger partial charge in [-0.25, -0.2) is 0 Å². The fraction of sp³-hybridized carbons (Fsp3) is 0.188. The van der Waals surface area contributed by atoms with E-state index in [2.05, 4.69) is 46.7 Å². The van der Waals surface area contributed by atoms with Gasteiger partial charge in [0.25, 0.3) is 0 Å². The quantitative estimate of drug-likeness (QED) is 0.757. The van der Waals surface area contributed by atoms with Crippen LogP contribution in [0.4, 0.5) is 5.69 Å². The van der Waals surface area contributed by atoms with Gasteiger partial charge in [-0.05, 0) is 31.2 Å². The molecule has 2 N–H and O–H groups in total. The minimum atomic E-state index is 0.159. The number of rotatable bonds is 4. The molecule has 20 heavy (non-hydrogen) atoms. The first-order valence-electron chi connectivity index (χ1n) is 6.60. The van der Waals surface area contributed by atoms with Crippen LogP contribution in [0.2, 0.25) is 0 Å². The topological polar surface area (TPSA) is 49.9 Å². The first-order chi connectivity index (χ1) is 9.78. The molecule has 0 amide bonds. The molecule has 4 heteroatoms. The lowest BCUT2D eigenvalue weighted by atomic mass is 10.1. The summed E-state index contributed by atoms with van der Waals surface area (Å²) in [5.74, 6) is 0.898. The molecule has 0 aliphatic heterocycles. The Bertz CT molecular complexity index is 720. The van der Waals surface area contributed by atoms with Crippen LogP contribution in [-0.4, -0.2) is 17.3 Å². The third-order valence-corrected chi connectivity index (χ3v) is 3.43. The minimum Gasteiger partial charge on any atom is -0.496 e. The normalized spacial score (nSPS) is 12.3. The predicted octanol–water partition coefficient (Wildman–Crippen LogP) is 3.74. The number of methoxy groups -OCH3 is 1. The number of hydrogen-bond acceptors (Lipinski definition) is 3.